The van der Waals surface area contributed by atoms with Crippen LogP contribution >= 0.6 is 0 Å². The number of unbranched alkanes of at least 4 members (excludes halogenated alkanes) is 2. The zero-order valence-electron chi connectivity index (χ0n) is 31.8. The summed E-state index contributed by atoms with van der Waals surface area (Å²) in [4.78, 5) is 42.0. The molecule has 0 saturated carbocycles. The predicted octanol–water partition coefficient (Wildman–Crippen LogP) is 7.29. The van der Waals surface area contributed by atoms with Gasteiger partial charge in [0.15, 0.2) is 5.78 Å². The summed E-state index contributed by atoms with van der Waals surface area (Å²) in [5.74, 6) is -0.965. The average molecular weight is 685 g/mol. The molecule has 0 radical (unpaired) electrons. The maximum absolute atomic E-state index is 13.9. The Morgan fingerprint density at radius 1 is 0.940 bits per heavy atom. The first-order chi connectivity index (χ1) is 23.4. The van der Waals surface area contributed by atoms with Crippen LogP contribution in [0.5, 0.6) is 0 Å². The van der Waals surface area contributed by atoms with E-state index < -0.39 is 11.9 Å². The summed E-state index contributed by atoms with van der Waals surface area (Å²) in [6.45, 7) is 23.3. The van der Waals surface area contributed by atoms with Crippen LogP contribution in [0.3, 0.4) is 0 Å². The predicted molar refractivity (Wildman–Crippen MR) is 205 cm³/mol. The average Bonchev–Trinajstić information content (AvgIpc) is 3.81. The van der Waals surface area contributed by atoms with Crippen LogP contribution in [0.4, 0.5) is 0 Å². The SMILES string of the molecule is C=Cc1c2[n-]c(c1C)/C=C1\[N-]/C(=C3\c4[n-]c(c(C)c4C(=O)[C@@H]3C(=O)OC)/C=c3\[n-]/c(c(C)c3CC)=C\2)[C@@H](CC)[C@@H]1C.CCCCCC(C)C.[Mg+2]. The van der Waals surface area contributed by atoms with E-state index in [0.717, 1.165) is 80.1 Å². The van der Waals surface area contributed by atoms with Gasteiger partial charge in [0.1, 0.15) is 5.92 Å². The Hall–Kier alpha value is -3.49. The fourth-order valence-electron chi connectivity index (χ4n) is 7.61. The topological polar surface area (TPSA) is 99.8 Å². The second kappa shape index (κ2) is 16.2. The van der Waals surface area contributed by atoms with Crippen molar-refractivity contribution in [3.8, 4) is 0 Å². The minimum absolute atomic E-state index is 0. The van der Waals surface area contributed by atoms with Gasteiger partial charge in [-0.1, -0.05) is 132 Å². The Balaban J connectivity index is 0.000000559. The maximum atomic E-state index is 13.9. The van der Waals surface area contributed by atoms with E-state index >= 15 is 0 Å². The standard InChI is InChI=1S/C34H35N4O3.C8H18.Mg/c1-9-19-15(4)22-12-24-17(6)21(11-3)31(37-24)29-30(34(40)41-8)33(39)28-18(7)25(38-32(28)29)14-27-20(10-2)16(5)23(36-27)13-26(19)35-22;1-4-5-6-7-8(2)3;/h9,12-14,17,21,30H,1,10-11H2,2-8H3,(H-,37,38,39);8H,4-7H2,1-3H3;/q-3;;+2/p-1/b23-13-,24-12-,27-14-;;/t17-,21-,30+;;/m0../s1. The normalized spacial score (nSPS) is 22.7. The molecule has 5 heterocycles. The largest absolute Gasteiger partial charge is 2.00 e. The first kappa shape index (κ1) is 39.3. The van der Waals surface area contributed by atoms with Gasteiger partial charge in [0, 0.05) is 5.56 Å². The molecule has 6 rings (SSSR count). The fourth-order valence-corrected chi connectivity index (χ4v) is 7.61. The number of ketones is 1. The number of esters is 1. The molecule has 3 aromatic heterocycles. The third kappa shape index (κ3) is 7.02. The summed E-state index contributed by atoms with van der Waals surface area (Å²) in [6.07, 6.45) is 15.1. The second-order valence-corrected chi connectivity index (χ2v) is 14.1. The Bertz CT molecular complexity index is 1960. The van der Waals surface area contributed by atoms with Crippen LogP contribution in [0.1, 0.15) is 135 Å². The van der Waals surface area contributed by atoms with Gasteiger partial charge >= 0.3 is 29.0 Å². The Morgan fingerprint density at radius 2 is 1.62 bits per heavy atom. The van der Waals surface area contributed by atoms with Crippen molar-refractivity contribution in [1.29, 1.82) is 0 Å². The summed E-state index contributed by atoms with van der Waals surface area (Å²) >= 11 is 0. The summed E-state index contributed by atoms with van der Waals surface area (Å²) in [5.41, 5.74) is 10.5. The minimum atomic E-state index is -1.08. The molecule has 0 aromatic carbocycles. The molecule has 0 amide bonds. The summed E-state index contributed by atoms with van der Waals surface area (Å²) in [6, 6.07) is 0. The number of fused-ring (bicyclic) bond motifs is 7. The molecule has 1 aliphatic carbocycles. The number of nitrogens with zero attached hydrogens (tertiary/aromatic N) is 4. The molecule has 262 valence electrons. The van der Waals surface area contributed by atoms with Crippen molar-refractivity contribution >= 4 is 64.7 Å². The van der Waals surface area contributed by atoms with Gasteiger partial charge < -0.3 is 25.0 Å². The third-order valence-electron chi connectivity index (χ3n) is 10.6. The van der Waals surface area contributed by atoms with Crippen LogP contribution in [0, 0.1) is 44.4 Å². The van der Waals surface area contributed by atoms with Crippen LogP contribution in [0.15, 0.2) is 18.0 Å². The number of aromatic nitrogens is 3. The molecule has 3 aromatic rings. The molecule has 2 aliphatic heterocycles. The van der Waals surface area contributed by atoms with Crippen molar-refractivity contribution in [3.05, 3.63) is 90.1 Å². The van der Waals surface area contributed by atoms with Gasteiger partial charge in [-0.05, 0) is 50.5 Å². The summed E-state index contributed by atoms with van der Waals surface area (Å²) < 4.78 is 5.14. The van der Waals surface area contributed by atoms with Gasteiger partial charge in [0.2, 0.25) is 0 Å². The molecule has 3 aliphatic rings. The summed E-state index contributed by atoms with van der Waals surface area (Å²) in [5, 5.41) is 6.80. The van der Waals surface area contributed by atoms with Crippen molar-refractivity contribution < 1.29 is 14.3 Å². The second-order valence-electron chi connectivity index (χ2n) is 14.1. The minimum Gasteiger partial charge on any atom is -0.664 e. The van der Waals surface area contributed by atoms with E-state index in [9.17, 15) is 9.59 Å². The number of allylic oxidation sites excluding steroid dienone is 2. The van der Waals surface area contributed by atoms with Crippen LogP contribution in [0.25, 0.3) is 35.2 Å². The van der Waals surface area contributed by atoms with E-state index in [1.54, 1.807) is 0 Å². The zero-order valence-corrected chi connectivity index (χ0v) is 33.2. The van der Waals surface area contributed by atoms with Crippen molar-refractivity contribution in [3.63, 3.8) is 0 Å². The third-order valence-corrected chi connectivity index (χ3v) is 10.6. The van der Waals surface area contributed by atoms with Gasteiger partial charge in [-0.2, -0.15) is 11.4 Å². The van der Waals surface area contributed by atoms with Gasteiger partial charge in [-0.15, -0.1) is 33.5 Å². The molecular weight excluding hydrogens is 633 g/mol. The number of hydrogen-bond donors (Lipinski definition) is 0. The molecular formula is C42H52MgN4O3-2. The quantitative estimate of drug-likeness (QED) is 0.107. The summed E-state index contributed by atoms with van der Waals surface area (Å²) in [7, 11) is 1.32. The van der Waals surface area contributed by atoms with Gasteiger partial charge in [0.25, 0.3) is 0 Å². The Kier molecular flexibility index (Phi) is 12.8. The zero-order chi connectivity index (χ0) is 35.7. The number of carbonyl (C=O) groups is 2. The number of Topliss-reactive ketones (excluding diaryl/α,β-unsaturated/α-hetero) is 1. The maximum Gasteiger partial charge on any atom is 2.00 e. The molecule has 0 spiro atoms. The van der Waals surface area contributed by atoms with E-state index in [4.69, 9.17) is 25.0 Å². The molecule has 8 heteroatoms. The van der Waals surface area contributed by atoms with Gasteiger partial charge in [0.05, 0.1) is 7.11 Å². The van der Waals surface area contributed by atoms with Crippen LogP contribution in [0.2, 0.25) is 0 Å². The van der Waals surface area contributed by atoms with E-state index in [0.29, 0.717) is 22.5 Å². The number of carbonyl (C=O) groups excluding carboxylic acids is 2. The van der Waals surface area contributed by atoms with Crippen molar-refractivity contribution in [2.75, 3.05) is 7.11 Å². The van der Waals surface area contributed by atoms with E-state index in [1.807, 2.05) is 38.2 Å². The van der Waals surface area contributed by atoms with E-state index in [1.165, 1.54) is 32.8 Å². The molecule has 50 heavy (non-hydrogen) atoms. The number of hydrogen-bond acceptors (Lipinski definition) is 3. The molecule has 0 N–H and O–H groups in total. The molecule has 1 fully saturated rings. The first-order valence-electron chi connectivity index (χ1n) is 18.0. The van der Waals surface area contributed by atoms with Crippen molar-refractivity contribution in [2.45, 2.75) is 101 Å². The molecule has 8 bridgehead atoms. The van der Waals surface area contributed by atoms with Crippen LogP contribution < -0.4 is 25.7 Å². The van der Waals surface area contributed by atoms with E-state index in [-0.39, 0.29) is 40.7 Å². The van der Waals surface area contributed by atoms with Gasteiger partial charge in [-0.25, -0.2) is 0 Å². The van der Waals surface area contributed by atoms with Crippen molar-refractivity contribution in [2.24, 2.45) is 23.7 Å². The van der Waals surface area contributed by atoms with Gasteiger partial charge in [-0.3, -0.25) is 9.59 Å². The van der Waals surface area contributed by atoms with Crippen LogP contribution in [-0.2, 0) is 16.0 Å². The number of rotatable bonds is 8. The Morgan fingerprint density at radius 3 is 2.22 bits per heavy atom. The first-order valence-corrected chi connectivity index (χ1v) is 18.0. The van der Waals surface area contributed by atoms with E-state index in [2.05, 4.69) is 55.0 Å². The molecule has 0 unspecified atom stereocenters. The monoisotopic (exact) mass is 684 g/mol. The molecule has 3 atom stereocenters. The Labute approximate surface area is 314 Å². The number of ether oxygens (including phenoxy) is 1. The van der Waals surface area contributed by atoms with Crippen molar-refractivity contribution in [1.82, 2.24) is 15.0 Å². The smallest absolute Gasteiger partial charge is 0.664 e. The van der Waals surface area contributed by atoms with Crippen LogP contribution in [-0.4, -0.2) is 41.9 Å². The molecule has 1 saturated heterocycles. The molecule has 7 nitrogen and oxygen atoms in total. The fraction of sp³-hybridized carbons (Fsp3) is 0.476. The number of methoxy groups -OCH3 is 1.